The molecule has 21 heavy (non-hydrogen) atoms. The number of nitrogen functional groups attached to an aromatic ring is 1. The predicted octanol–water partition coefficient (Wildman–Crippen LogP) is 2.09. The van der Waals surface area contributed by atoms with Crippen molar-refractivity contribution in [1.29, 1.82) is 0 Å². The number of esters is 1. The molecule has 0 unspecified atom stereocenters. The van der Waals surface area contributed by atoms with Crippen LogP contribution >= 0.6 is 34.4 Å². The molecule has 0 atom stereocenters. The number of carbonyl (C=O) groups is 2. The van der Waals surface area contributed by atoms with E-state index in [1.54, 1.807) is 18.4 Å². The maximum absolute atomic E-state index is 11.9. The van der Waals surface area contributed by atoms with E-state index in [1.165, 1.54) is 34.4 Å². The first-order valence-electron chi connectivity index (χ1n) is 5.86. The molecule has 2 heterocycles. The third-order valence-electron chi connectivity index (χ3n) is 2.16. The second-order valence-corrected chi connectivity index (χ2v) is 6.77. The summed E-state index contributed by atoms with van der Waals surface area (Å²) in [6.45, 7) is 2.02. The summed E-state index contributed by atoms with van der Waals surface area (Å²) in [7, 11) is 0. The molecule has 3 N–H and O–H groups in total. The number of rotatable bonds is 6. The fourth-order valence-electron chi connectivity index (χ4n) is 1.34. The first kappa shape index (κ1) is 15.7. The van der Waals surface area contributed by atoms with E-state index >= 15 is 0 Å². The Hall–Kier alpha value is -1.65. The van der Waals surface area contributed by atoms with Crippen LogP contribution in [0.3, 0.4) is 0 Å². The number of amides is 1. The van der Waals surface area contributed by atoms with Gasteiger partial charge in [0.2, 0.25) is 11.0 Å². The Labute approximate surface area is 132 Å². The summed E-state index contributed by atoms with van der Waals surface area (Å²) in [5.41, 5.74) is 5.82. The van der Waals surface area contributed by atoms with Crippen LogP contribution in [0.2, 0.25) is 0 Å². The Kier molecular flexibility index (Phi) is 5.53. The molecule has 0 spiro atoms. The van der Waals surface area contributed by atoms with Gasteiger partial charge in [-0.1, -0.05) is 23.1 Å². The molecule has 0 fully saturated rings. The highest BCUT2D eigenvalue weighted by Crippen LogP contribution is 2.26. The summed E-state index contributed by atoms with van der Waals surface area (Å²) in [5, 5.41) is 12.7. The standard InChI is InChI=1S/C11H12N4O3S3/c1-2-18-9(17)6-3-4-19-8(6)13-7(16)5-20-11-15-14-10(12)21-11/h3-4H,2,5H2,1H3,(H2,12,14)(H,13,16). The van der Waals surface area contributed by atoms with Crippen molar-refractivity contribution >= 4 is 56.4 Å². The van der Waals surface area contributed by atoms with E-state index in [0.717, 1.165) is 0 Å². The van der Waals surface area contributed by atoms with Crippen molar-refractivity contribution in [2.45, 2.75) is 11.3 Å². The molecule has 0 aliphatic heterocycles. The van der Waals surface area contributed by atoms with Gasteiger partial charge in [0.05, 0.1) is 17.9 Å². The zero-order valence-electron chi connectivity index (χ0n) is 11.0. The summed E-state index contributed by atoms with van der Waals surface area (Å²) in [4.78, 5) is 23.6. The Morgan fingerprint density at radius 1 is 1.48 bits per heavy atom. The Balaban J connectivity index is 1.91. The SMILES string of the molecule is CCOC(=O)c1ccsc1NC(=O)CSc1nnc(N)s1. The summed E-state index contributed by atoms with van der Waals surface area (Å²) >= 11 is 3.73. The van der Waals surface area contributed by atoms with Gasteiger partial charge in [0.25, 0.3) is 0 Å². The van der Waals surface area contributed by atoms with Crippen molar-refractivity contribution in [3.8, 4) is 0 Å². The van der Waals surface area contributed by atoms with Gasteiger partial charge < -0.3 is 15.8 Å². The van der Waals surface area contributed by atoms with Crippen LogP contribution in [0.15, 0.2) is 15.8 Å². The van der Waals surface area contributed by atoms with Gasteiger partial charge in [-0.2, -0.15) is 0 Å². The highest BCUT2D eigenvalue weighted by molar-refractivity contribution is 8.01. The van der Waals surface area contributed by atoms with Gasteiger partial charge >= 0.3 is 5.97 Å². The number of nitrogens with one attached hydrogen (secondary N) is 1. The van der Waals surface area contributed by atoms with Crippen molar-refractivity contribution in [1.82, 2.24) is 10.2 Å². The summed E-state index contributed by atoms with van der Waals surface area (Å²) in [6, 6.07) is 1.62. The van der Waals surface area contributed by atoms with Crippen LogP contribution in [0.4, 0.5) is 10.1 Å². The zero-order valence-corrected chi connectivity index (χ0v) is 13.4. The van der Waals surface area contributed by atoms with Crippen LogP contribution < -0.4 is 11.1 Å². The fraction of sp³-hybridized carbons (Fsp3) is 0.273. The fourth-order valence-corrected chi connectivity index (χ4v) is 3.57. The normalized spacial score (nSPS) is 10.3. The molecule has 0 aliphatic carbocycles. The number of carbonyl (C=O) groups excluding carboxylic acids is 2. The lowest BCUT2D eigenvalue weighted by molar-refractivity contribution is -0.113. The lowest BCUT2D eigenvalue weighted by Gasteiger charge is -2.05. The van der Waals surface area contributed by atoms with Gasteiger partial charge in [-0.15, -0.1) is 21.5 Å². The lowest BCUT2D eigenvalue weighted by atomic mass is 10.3. The first-order chi connectivity index (χ1) is 10.1. The van der Waals surface area contributed by atoms with E-state index in [4.69, 9.17) is 10.5 Å². The summed E-state index contributed by atoms with van der Waals surface area (Å²) < 4.78 is 5.55. The molecule has 2 aromatic rings. The van der Waals surface area contributed by atoms with E-state index in [1.807, 2.05) is 0 Å². The molecule has 0 aromatic carbocycles. The number of anilines is 2. The summed E-state index contributed by atoms with van der Waals surface area (Å²) in [6.07, 6.45) is 0. The van der Waals surface area contributed by atoms with Crippen LogP contribution in [0.1, 0.15) is 17.3 Å². The molecule has 0 bridgehead atoms. The molecule has 2 aromatic heterocycles. The molecular formula is C11H12N4O3S3. The monoisotopic (exact) mass is 344 g/mol. The third-order valence-corrected chi connectivity index (χ3v) is 4.88. The molecular weight excluding hydrogens is 332 g/mol. The van der Waals surface area contributed by atoms with Gasteiger partial charge in [0.1, 0.15) is 5.00 Å². The molecule has 2 rings (SSSR count). The van der Waals surface area contributed by atoms with Crippen molar-refractivity contribution < 1.29 is 14.3 Å². The molecule has 10 heteroatoms. The quantitative estimate of drug-likeness (QED) is 0.610. The second-order valence-electron chi connectivity index (χ2n) is 3.63. The highest BCUT2D eigenvalue weighted by Gasteiger charge is 2.16. The average Bonchev–Trinajstić information content (AvgIpc) is 3.06. The smallest absolute Gasteiger partial charge is 0.341 e. The van der Waals surface area contributed by atoms with Crippen LogP contribution in [0, 0.1) is 0 Å². The summed E-state index contributed by atoms with van der Waals surface area (Å²) in [5.74, 6) is -0.519. The van der Waals surface area contributed by atoms with Crippen LogP contribution in [-0.2, 0) is 9.53 Å². The molecule has 0 aliphatic rings. The van der Waals surface area contributed by atoms with Gasteiger partial charge in [-0.3, -0.25) is 4.79 Å². The number of hydrogen-bond donors (Lipinski definition) is 2. The maximum atomic E-state index is 11.9. The van der Waals surface area contributed by atoms with Gasteiger partial charge in [-0.05, 0) is 18.4 Å². The number of thioether (sulfide) groups is 1. The van der Waals surface area contributed by atoms with Crippen molar-refractivity contribution in [2.24, 2.45) is 0 Å². The zero-order chi connectivity index (χ0) is 15.2. The Morgan fingerprint density at radius 2 is 2.29 bits per heavy atom. The van der Waals surface area contributed by atoms with E-state index in [9.17, 15) is 9.59 Å². The minimum Gasteiger partial charge on any atom is -0.462 e. The van der Waals surface area contributed by atoms with E-state index in [-0.39, 0.29) is 18.3 Å². The van der Waals surface area contributed by atoms with Crippen LogP contribution in [-0.4, -0.2) is 34.4 Å². The highest BCUT2D eigenvalue weighted by atomic mass is 32.2. The number of hydrogen-bond acceptors (Lipinski definition) is 9. The van der Waals surface area contributed by atoms with Crippen LogP contribution in [0.5, 0.6) is 0 Å². The van der Waals surface area contributed by atoms with Gasteiger partial charge in [0.15, 0.2) is 4.34 Å². The molecule has 0 saturated carbocycles. The van der Waals surface area contributed by atoms with Gasteiger partial charge in [0, 0.05) is 0 Å². The third kappa shape index (κ3) is 4.41. The number of ether oxygens (including phenoxy) is 1. The molecule has 0 saturated heterocycles. The molecule has 0 radical (unpaired) electrons. The van der Waals surface area contributed by atoms with Crippen molar-refractivity contribution in [3.05, 3.63) is 17.0 Å². The predicted molar refractivity (Wildman–Crippen MR) is 84.0 cm³/mol. The van der Waals surface area contributed by atoms with E-state index in [2.05, 4.69) is 15.5 Å². The number of aromatic nitrogens is 2. The minimum atomic E-state index is -0.446. The molecule has 112 valence electrons. The van der Waals surface area contributed by atoms with Crippen LogP contribution in [0.25, 0.3) is 0 Å². The van der Waals surface area contributed by atoms with Gasteiger partial charge in [-0.25, -0.2) is 4.79 Å². The van der Waals surface area contributed by atoms with E-state index in [0.29, 0.717) is 20.0 Å². The Morgan fingerprint density at radius 3 is 2.95 bits per heavy atom. The maximum Gasteiger partial charge on any atom is 0.341 e. The Bertz CT molecular complexity index is 640. The minimum absolute atomic E-state index is 0.162. The number of nitrogens with two attached hydrogens (primary N) is 1. The van der Waals surface area contributed by atoms with Crippen molar-refractivity contribution in [2.75, 3.05) is 23.4 Å². The first-order valence-corrected chi connectivity index (χ1v) is 8.54. The topological polar surface area (TPSA) is 107 Å². The number of nitrogens with zero attached hydrogens (tertiary/aromatic N) is 2. The molecule has 7 nitrogen and oxygen atoms in total. The molecule has 1 amide bonds. The second kappa shape index (κ2) is 7.38. The lowest BCUT2D eigenvalue weighted by Crippen LogP contribution is -2.15. The van der Waals surface area contributed by atoms with Crippen molar-refractivity contribution in [3.63, 3.8) is 0 Å². The number of thiophene rings is 1. The largest absolute Gasteiger partial charge is 0.462 e. The average molecular weight is 344 g/mol. The van der Waals surface area contributed by atoms with E-state index < -0.39 is 5.97 Å².